The Morgan fingerprint density at radius 2 is 2.47 bits per heavy atom. The highest BCUT2D eigenvalue weighted by molar-refractivity contribution is 5.20. The van der Waals surface area contributed by atoms with Gasteiger partial charge in [0.05, 0.1) is 17.4 Å². The number of nitrogens with one attached hydrogen (secondary N) is 1. The Morgan fingerprint density at radius 3 is 3.07 bits per heavy atom. The first-order valence-electron chi connectivity index (χ1n) is 5.28. The van der Waals surface area contributed by atoms with Crippen LogP contribution in [0.25, 0.3) is 0 Å². The van der Waals surface area contributed by atoms with Gasteiger partial charge in [-0.15, -0.1) is 0 Å². The van der Waals surface area contributed by atoms with Gasteiger partial charge in [-0.2, -0.15) is 0 Å². The SMILES string of the molecule is CCC1CNCC1(N)c1ccc(F)cn1. The highest BCUT2D eigenvalue weighted by Crippen LogP contribution is 2.31. The minimum absolute atomic E-state index is 0.318. The van der Waals surface area contributed by atoms with Gasteiger partial charge in [-0.05, 0) is 24.5 Å². The van der Waals surface area contributed by atoms with Crippen molar-refractivity contribution in [3.8, 4) is 0 Å². The fourth-order valence-electron chi connectivity index (χ4n) is 2.24. The minimum Gasteiger partial charge on any atom is -0.319 e. The summed E-state index contributed by atoms with van der Waals surface area (Å²) in [5.74, 6) is 0.0526. The van der Waals surface area contributed by atoms with Gasteiger partial charge in [-0.3, -0.25) is 4.98 Å². The van der Waals surface area contributed by atoms with Crippen LogP contribution in [0.15, 0.2) is 18.3 Å². The lowest BCUT2D eigenvalue weighted by Crippen LogP contribution is -2.45. The lowest BCUT2D eigenvalue weighted by molar-refractivity contribution is 0.335. The second-order valence-corrected chi connectivity index (χ2v) is 4.14. The van der Waals surface area contributed by atoms with Crippen LogP contribution in [0.1, 0.15) is 19.0 Å². The van der Waals surface area contributed by atoms with E-state index in [4.69, 9.17) is 5.73 Å². The second kappa shape index (κ2) is 3.87. The van der Waals surface area contributed by atoms with Crippen LogP contribution in [-0.2, 0) is 5.54 Å². The molecule has 1 aliphatic heterocycles. The van der Waals surface area contributed by atoms with Crippen LogP contribution in [0.3, 0.4) is 0 Å². The quantitative estimate of drug-likeness (QED) is 0.764. The van der Waals surface area contributed by atoms with Gasteiger partial charge in [0, 0.05) is 13.1 Å². The van der Waals surface area contributed by atoms with Gasteiger partial charge in [0.25, 0.3) is 0 Å². The molecule has 0 spiro atoms. The van der Waals surface area contributed by atoms with Gasteiger partial charge in [0.1, 0.15) is 5.82 Å². The number of hydrogen-bond donors (Lipinski definition) is 2. The average molecular weight is 209 g/mol. The predicted octanol–water partition coefficient (Wildman–Crippen LogP) is 1.00. The first kappa shape index (κ1) is 10.5. The molecule has 0 bridgehead atoms. The number of nitrogens with zero attached hydrogens (tertiary/aromatic N) is 1. The molecule has 1 aromatic heterocycles. The molecule has 4 heteroatoms. The van der Waals surface area contributed by atoms with Crippen LogP contribution in [0, 0.1) is 11.7 Å². The molecule has 15 heavy (non-hydrogen) atoms. The van der Waals surface area contributed by atoms with Crippen molar-refractivity contribution in [3.05, 3.63) is 29.8 Å². The van der Waals surface area contributed by atoms with E-state index >= 15 is 0 Å². The van der Waals surface area contributed by atoms with Crippen LogP contribution in [0.4, 0.5) is 4.39 Å². The molecule has 1 aliphatic rings. The smallest absolute Gasteiger partial charge is 0.141 e. The van der Waals surface area contributed by atoms with Crippen molar-refractivity contribution in [2.45, 2.75) is 18.9 Å². The Hall–Kier alpha value is -1.00. The zero-order valence-corrected chi connectivity index (χ0v) is 8.83. The molecule has 3 N–H and O–H groups in total. The maximum Gasteiger partial charge on any atom is 0.141 e. The molecule has 2 atom stereocenters. The maximum absolute atomic E-state index is 12.8. The first-order valence-corrected chi connectivity index (χ1v) is 5.28. The van der Waals surface area contributed by atoms with Crippen molar-refractivity contribution in [2.24, 2.45) is 11.7 Å². The van der Waals surface area contributed by atoms with E-state index in [1.165, 1.54) is 12.3 Å². The largest absolute Gasteiger partial charge is 0.319 e. The monoisotopic (exact) mass is 209 g/mol. The summed E-state index contributed by atoms with van der Waals surface area (Å²) in [5, 5.41) is 3.27. The van der Waals surface area contributed by atoms with Crippen molar-refractivity contribution < 1.29 is 4.39 Å². The van der Waals surface area contributed by atoms with Gasteiger partial charge in [0.15, 0.2) is 0 Å². The topological polar surface area (TPSA) is 50.9 Å². The molecule has 1 saturated heterocycles. The summed E-state index contributed by atoms with van der Waals surface area (Å²) in [7, 11) is 0. The van der Waals surface area contributed by atoms with Crippen molar-refractivity contribution >= 4 is 0 Å². The summed E-state index contributed by atoms with van der Waals surface area (Å²) in [5.41, 5.74) is 6.67. The van der Waals surface area contributed by atoms with E-state index in [2.05, 4.69) is 17.2 Å². The fraction of sp³-hybridized carbons (Fsp3) is 0.545. The molecule has 2 unspecified atom stereocenters. The molecular formula is C11H16FN3. The third-order valence-corrected chi connectivity index (χ3v) is 3.23. The number of nitrogens with two attached hydrogens (primary N) is 1. The number of pyridine rings is 1. The van der Waals surface area contributed by atoms with Crippen molar-refractivity contribution in [3.63, 3.8) is 0 Å². The molecule has 2 heterocycles. The van der Waals surface area contributed by atoms with Crippen LogP contribution < -0.4 is 11.1 Å². The Kier molecular flexibility index (Phi) is 2.71. The standard InChI is InChI=1S/C11H16FN3/c1-2-8-5-14-7-11(8,13)10-4-3-9(12)6-15-10/h3-4,6,8,14H,2,5,7,13H2,1H3. The zero-order chi connectivity index (χ0) is 10.9. The normalized spacial score (nSPS) is 30.7. The van der Waals surface area contributed by atoms with Gasteiger partial charge in [-0.25, -0.2) is 4.39 Å². The summed E-state index contributed by atoms with van der Waals surface area (Å²) in [4.78, 5) is 4.09. The fourth-order valence-corrected chi connectivity index (χ4v) is 2.24. The number of aromatic nitrogens is 1. The first-order chi connectivity index (χ1) is 7.16. The van der Waals surface area contributed by atoms with E-state index < -0.39 is 5.54 Å². The van der Waals surface area contributed by atoms with E-state index in [1.807, 2.05) is 0 Å². The zero-order valence-electron chi connectivity index (χ0n) is 8.83. The number of halogens is 1. The van der Waals surface area contributed by atoms with Gasteiger partial charge >= 0.3 is 0 Å². The molecule has 0 radical (unpaired) electrons. The summed E-state index contributed by atoms with van der Waals surface area (Å²) < 4.78 is 12.8. The molecule has 0 amide bonds. The molecule has 2 rings (SSSR count). The highest BCUT2D eigenvalue weighted by Gasteiger charge is 2.40. The molecule has 0 aliphatic carbocycles. The summed E-state index contributed by atoms with van der Waals surface area (Å²) >= 11 is 0. The lowest BCUT2D eigenvalue weighted by atomic mass is 9.83. The molecule has 3 nitrogen and oxygen atoms in total. The van der Waals surface area contributed by atoms with E-state index in [9.17, 15) is 4.39 Å². The Balaban J connectivity index is 2.32. The maximum atomic E-state index is 12.8. The average Bonchev–Trinajstić information content (AvgIpc) is 2.61. The molecular weight excluding hydrogens is 193 g/mol. The summed E-state index contributed by atoms with van der Waals surface area (Å²) in [6.07, 6.45) is 2.23. The molecule has 1 aromatic rings. The van der Waals surface area contributed by atoms with Crippen molar-refractivity contribution in [1.29, 1.82) is 0 Å². The Morgan fingerprint density at radius 1 is 1.67 bits per heavy atom. The van der Waals surface area contributed by atoms with E-state index in [0.717, 1.165) is 18.7 Å². The lowest BCUT2D eigenvalue weighted by Gasteiger charge is -2.29. The Bertz CT molecular complexity index is 338. The predicted molar refractivity (Wildman–Crippen MR) is 56.7 cm³/mol. The van der Waals surface area contributed by atoms with Crippen LogP contribution in [-0.4, -0.2) is 18.1 Å². The third-order valence-electron chi connectivity index (χ3n) is 3.23. The minimum atomic E-state index is -0.442. The van der Waals surface area contributed by atoms with Crippen LogP contribution in [0.5, 0.6) is 0 Å². The van der Waals surface area contributed by atoms with E-state index in [-0.39, 0.29) is 5.82 Å². The molecule has 0 aromatic carbocycles. The van der Waals surface area contributed by atoms with E-state index in [0.29, 0.717) is 12.5 Å². The van der Waals surface area contributed by atoms with E-state index in [1.54, 1.807) is 6.07 Å². The van der Waals surface area contributed by atoms with Crippen molar-refractivity contribution in [1.82, 2.24) is 10.3 Å². The summed E-state index contributed by atoms with van der Waals surface area (Å²) in [6, 6.07) is 3.10. The number of rotatable bonds is 2. The molecule has 0 saturated carbocycles. The van der Waals surface area contributed by atoms with Crippen molar-refractivity contribution in [2.75, 3.05) is 13.1 Å². The van der Waals surface area contributed by atoms with Crippen LogP contribution in [0.2, 0.25) is 0 Å². The third kappa shape index (κ3) is 1.75. The molecule has 1 fully saturated rings. The second-order valence-electron chi connectivity index (χ2n) is 4.14. The van der Waals surface area contributed by atoms with Crippen LogP contribution >= 0.6 is 0 Å². The highest BCUT2D eigenvalue weighted by atomic mass is 19.1. The van der Waals surface area contributed by atoms with Gasteiger partial charge in [-0.1, -0.05) is 6.92 Å². The number of hydrogen-bond acceptors (Lipinski definition) is 3. The van der Waals surface area contributed by atoms with Gasteiger partial charge in [0.2, 0.25) is 0 Å². The Labute approximate surface area is 88.9 Å². The molecule has 82 valence electrons. The summed E-state index contributed by atoms with van der Waals surface area (Å²) in [6.45, 7) is 3.74. The van der Waals surface area contributed by atoms with Gasteiger partial charge < -0.3 is 11.1 Å².